The summed E-state index contributed by atoms with van der Waals surface area (Å²) < 4.78 is 27.0. The molecule has 1 saturated carbocycles. The number of rotatable bonds is 4. The molecule has 0 spiro atoms. The van der Waals surface area contributed by atoms with Crippen LogP contribution in [0.1, 0.15) is 34.9 Å². The first-order chi connectivity index (χ1) is 13.0. The molecule has 0 aliphatic heterocycles. The van der Waals surface area contributed by atoms with Crippen molar-refractivity contribution in [3.8, 4) is 0 Å². The summed E-state index contributed by atoms with van der Waals surface area (Å²) in [6, 6.07) is 9.68. The monoisotopic (exact) mass is 369 g/mol. The van der Waals surface area contributed by atoms with Crippen molar-refractivity contribution in [1.29, 1.82) is 0 Å². The number of amides is 1. The van der Waals surface area contributed by atoms with Gasteiger partial charge in [-0.2, -0.15) is 0 Å². The van der Waals surface area contributed by atoms with Crippen LogP contribution in [0.5, 0.6) is 0 Å². The molecule has 1 atom stereocenters. The van der Waals surface area contributed by atoms with Crippen LogP contribution in [0.2, 0.25) is 0 Å². The second kappa shape index (κ2) is 7.00. The van der Waals surface area contributed by atoms with Crippen molar-refractivity contribution in [2.24, 2.45) is 5.92 Å². The molecule has 1 amide bonds. The molecule has 2 N–H and O–H groups in total. The maximum absolute atomic E-state index is 13.9. The zero-order valence-corrected chi connectivity index (χ0v) is 14.3. The number of nitrogens with one attached hydrogen (secondary N) is 1. The Hall–Kier alpha value is -2.93. The average Bonchev–Trinajstić information content (AvgIpc) is 2.63. The number of carbonyl (C=O) groups is 1. The van der Waals surface area contributed by atoms with Gasteiger partial charge in [0, 0.05) is 17.6 Å². The lowest BCUT2D eigenvalue weighted by Gasteiger charge is -2.38. The van der Waals surface area contributed by atoms with Crippen molar-refractivity contribution in [1.82, 2.24) is 15.3 Å². The number of para-hydroxylation sites is 1. The van der Waals surface area contributed by atoms with Gasteiger partial charge in [0.05, 0.1) is 23.9 Å². The fourth-order valence-corrected chi connectivity index (χ4v) is 3.42. The Morgan fingerprint density at radius 2 is 1.93 bits per heavy atom. The van der Waals surface area contributed by atoms with Crippen LogP contribution in [-0.4, -0.2) is 27.1 Å². The van der Waals surface area contributed by atoms with Crippen LogP contribution in [0, 0.1) is 17.6 Å². The fraction of sp³-hybridized carbons (Fsp3) is 0.250. The highest BCUT2D eigenvalue weighted by Crippen LogP contribution is 2.38. The van der Waals surface area contributed by atoms with Crippen molar-refractivity contribution in [2.75, 3.05) is 0 Å². The molecule has 1 aromatic carbocycles. The summed E-state index contributed by atoms with van der Waals surface area (Å²) in [4.78, 5) is 20.5. The minimum absolute atomic E-state index is 0.00424. The molecule has 1 aliphatic rings. The number of nitrogens with zero attached hydrogens (tertiary/aromatic N) is 2. The fourth-order valence-electron chi connectivity index (χ4n) is 3.42. The molecule has 138 valence electrons. The van der Waals surface area contributed by atoms with E-state index in [0.717, 1.165) is 22.7 Å². The highest BCUT2D eigenvalue weighted by molar-refractivity contribution is 5.93. The van der Waals surface area contributed by atoms with Crippen molar-refractivity contribution in [2.45, 2.75) is 25.0 Å². The summed E-state index contributed by atoms with van der Waals surface area (Å²) in [5.74, 6) is -2.60. The number of halogens is 2. The molecule has 1 aliphatic carbocycles. The van der Waals surface area contributed by atoms with Crippen molar-refractivity contribution >= 4 is 16.8 Å². The van der Waals surface area contributed by atoms with Gasteiger partial charge in [0.15, 0.2) is 11.5 Å². The van der Waals surface area contributed by atoms with E-state index in [9.17, 15) is 18.7 Å². The summed E-state index contributed by atoms with van der Waals surface area (Å²) >= 11 is 0. The van der Waals surface area contributed by atoms with Gasteiger partial charge in [-0.15, -0.1) is 0 Å². The van der Waals surface area contributed by atoms with Crippen LogP contribution in [0.3, 0.4) is 0 Å². The van der Waals surface area contributed by atoms with E-state index in [1.54, 1.807) is 6.20 Å². The van der Waals surface area contributed by atoms with Gasteiger partial charge in [-0.25, -0.2) is 13.8 Å². The normalized spacial score (nSPS) is 20.1. The summed E-state index contributed by atoms with van der Waals surface area (Å²) in [7, 11) is 0. The van der Waals surface area contributed by atoms with E-state index in [1.807, 2.05) is 30.3 Å². The largest absolute Gasteiger partial charge is 0.393 e. The second-order valence-corrected chi connectivity index (χ2v) is 6.78. The van der Waals surface area contributed by atoms with E-state index in [-0.39, 0.29) is 5.92 Å². The second-order valence-electron chi connectivity index (χ2n) is 6.78. The maximum atomic E-state index is 13.9. The van der Waals surface area contributed by atoms with Gasteiger partial charge in [0.25, 0.3) is 5.91 Å². The number of benzene rings is 1. The highest BCUT2D eigenvalue weighted by Gasteiger charge is 2.36. The third-order valence-electron chi connectivity index (χ3n) is 4.90. The third-order valence-corrected chi connectivity index (χ3v) is 4.90. The SMILES string of the molecule is O=C(NC(c1cnc2ccccc2c1)C1CC(O)C1)c1ncc(F)cc1F. The lowest BCUT2D eigenvalue weighted by Crippen LogP contribution is -2.41. The molecule has 0 saturated heterocycles. The lowest BCUT2D eigenvalue weighted by molar-refractivity contribution is 0.0234. The molecule has 3 aromatic rings. The number of aliphatic hydroxyl groups is 1. The summed E-state index contributed by atoms with van der Waals surface area (Å²) in [5, 5.41) is 13.4. The lowest BCUT2D eigenvalue weighted by atomic mass is 9.75. The van der Waals surface area contributed by atoms with Crippen molar-refractivity contribution < 1.29 is 18.7 Å². The molecule has 5 nitrogen and oxygen atoms in total. The molecule has 2 aromatic heterocycles. The van der Waals surface area contributed by atoms with Gasteiger partial charge in [-0.3, -0.25) is 9.78 Å². The van der Waals surface area contributed by atoms with Crippen LogP contribution in [0.4, 0.5) is 8.78 Å². The molecule has 1 unspecified atom stereocenters. The van der Waals surface area contributed by atoms with Crippen LogP contribution in [0.25, 0.3) is 10.9 Å². The van der Waals surface area contributed by atoms with E-state index in [4.69, 9.17) is 0 Å². The average molecular weight is 369 g/mol. The van der Waals surface area contributed by atoms with Crippen LogP contribution in [0.15, 0.2) is 48.8 Å². The molecule has 7 heteroatoms. The smallest absolute Gasteiger partial charge is 0.273 e. The zero-order chi connectivity index (χ0) is 19.0. The maximum Gasteiger partial charge on any atom is 0.273 e. The number of hydrogen-bond donors (Lipinski definition) is 2. The number of pyridine rings is 2. The first kappa shape index (κ1) is 17.5. The Kier molecular flexibility index (Phi) is 4.53. The zero-order valence-electron chi connectivity index (χ0n) is 14.3. The Bertz CT molecular complexity index is 1010. The summed E-state index contributed by atoms with van der Waals surface area (Å²) in [6.45, 7) is 0. The van der Waals surface area contributed by atoms with E-state index in [2.05, 4.69) is 15.3 Å². The number of aromatic nitrogens is 2. The molecule has 4 rings (SSSR count). The first-order valence-corrected chi connectivity index (χ1v) is 8.66. The number of aliphatic hydroxyl groups excluding tert-OH is 1. The van der Waals surface area contributed by atoms with Gasteiger partial charge in [0.2, 0.25) is 0 Å². The minimum atomic E-state index is -1.02. The van der Waals surface area contributed by atoms with Gasteiger partial charge in [-0.1, -0.05) is 18.2 Å². The Labute approximate surface area is 154 Å². The molecular weight excluding hydrogens is 352 g/mol. The molecule has 1 fully saturated rings. The number of fused-ring (bicyclic) bond motifs is 1. The number of hydrogen-bond acceptors (Lipinski definition) is 4. The predicted octanol–water partition coefficient (Wildman–Crippen LogP) is 3.15. The molecule has 0 radical (unpaired) electrons. The predicted molar refractivity (Wildman–Crippen MR) is 94.8 cm³/mol. The Morgan fingerprint density at radius 3 is 2.67 bits per heavy atom. The van der Waals surface area contributed by atoms with Crippen molar-refractivity contribution in [3.05, 3.63) is 71.7 Å². The van der Waals surface area contributed by atoms with Gasteiger partial charge >= 0.3 is 0 Å². The van der Waals surface area contributed by atoms with E-state index >= 15 is 0 Å². The topological polar surface area (TPSA) is 75.1 Å². The first-order valence-electron chi connectivity index (χ1n) is 8.66. The standard InChI is InChI=1S/C20H17F2N3O2/c21-14-8-16(22)19(24-10-14)20(27)25-18(12-6-15(26)7-12)13-5-11-3-1-2-4-17(11)23-9-13/h1-5,8-10,12,15,18,26H,6-7H2,(H,25,27). The van der Waals surface area contributed by atoms with Gasteiger partial charge in [-0.05, 0) is 36.5 Å². The molecule has 0 bridgehead atoms. The van der Waals surface area contributed by atoms with Gasteiger partial charge < -0.3 is 10.4 Å². The van der Waals surface area contributed by atoms with Crippen LogP contribution in [-0.2, 0) is 0 Å². The van der Waals surface area contributed by atoms with E-state index in [0.29, 0.717) is 18.9 Å². The Morgan fingerprint density at radius 1 is 1.15 bits per heavy atom. The Balaban J connectivity index is 1.65. The third kappa shape index (κ3) is 3.50. The van der Waals surface area contributed by atoms with E-state index < -0.39 is 35.4 Å². The molecular formula is C20H17F2N3O2. The van der Waals surface area contributed by atoms with Crippen LogP contribution < -0.4 is 5.32 Å². The van der Waals surface area contributed by atoms with Gasteiger partial charge in [0.1, 0.15) is 5.82 Å². The molecule has 27 heavy (non-hydrogen) atoms. The van der Waals surface area contributed by atoms with Crippen LogP contribution >= 0.6 is 0 Å². The van der Waals surface area contributed by atoms with Crippen molar-refractivity contribution in [3.63, 3.8) is 0 Å². The summed E-state index contributed by atoms with van der Waals surface area (Å²) in [5.41, 5.74) is 1.13. The number of carbonyl (C=O) groups excluding carboxylic acids is 1. The molecule has 2 heterocycles. The minimum Gasteiger partial charge on any atom is -0.393 e. The summed E-state index contributed by atoms with van der Waals surface area (Å²) in [6.07, 6.45) is 3.11. The quantitative estimate of drug-likeness (QED) is 0.741. The highest BCUT2D eigenvalue weighted by atomic mass is 19.1. The van der Waals surface area contributed by atoms with E-state index in [1.165, 1.54) is 0 Å².